The van der Waals surface area contributed by atoms with Crippen molar-refractivity contribution in [2.24, 2.45) is 0 Å². The van der Waals surface area contributed by atoms with Crippen molar-refractivity contribution in [3.63, 3.8) is 0 Å². The van der Waals surface area contributed by atoms with Crippen LogP contribution in [-0.2, 0) is 0 Å². The van der Waals surface area contributed by atoms with Gasteiger partial charge < -0.3 is 0 Å². The minimum Gasteiger partial charge on any atom is -0.285 e. The molecule has 0 spiro atoms. The first kappa shape index (κ1) is 13.2. The topological polar surface area (TPSA) is 27.0 Å². The Hall–Kier alpha value is -0.850. The van der Waals surface area contributed by atoms with Crippen LogP contribution in [0.1, 0.15) is 31.0 Å². The second-order valence-electron chi connectivity index (χ2n) is 3.76. The van der Waals surface area contributed by atoms with Crippen LogP contribution in [-0.4, -0.2) is 18.0 Å². The summed E-state index contributed by atoms with van der Waals surface area (Å²) in [5.74, 6) is 0. The molecule has 1 rings (SSSR count). The highest BCUT2D eigenvalue weighted by Crippen LogP contribution is 2.24. The molecule has 0 aliphatic carbocycles. The van der Waals surface area contributed by atoms with E-state index in [-0.39, 0.29) is 6.04 Å². The van der Waals surface area contributed by atoms with Gasteiger partial charge >= 0.3 is 0 Å². The van der Waals surface area contributed by atoms with Crippen LogP contribution in [0.5, 0.6) is 0 Å². The summed E-state index contributed by atoms with van der Waals surface area (Å²) < 4.78 is 1.09. The van der Waals surface area contributed by atoms with Gasteiger partial charge in [-0.15, -0.1) is 0 Å². The predicted octanol–water partition coefficient (Wildman–Crippen LogP) is 3.66. The van der Waals surface area contributed by atoms with Gasteiger partial charge in [-0.2, -0.15) is 5.26 Å². The number of nitriles is 1. The number of nitrogens with zero attached hydrogens (tertiary/aromatic N) is 2. The molecule has 0 saturated carbocycles. The van der Waals surface area contributed by atoms with Crippen molar-refractivity contribution >= 4 is 15.9 Å². The summed E-state index contributed by atoms with van der Waals surface area (Å²) in [4.78, 5) is 2.16. The molecule has 16 heavy (non-hydrogen) atoms. The molecule has 3 heteroatoms. The summed E-state index contributed by atoms with van der Waals surface area (Å²) >= 11 is 3.48. The summed E-state index contributed by atoms with van der Waals surface area (Å²) in [6.45, 7) is 8.00. The molecule has 2 nitrogen and oxygen atoms in total. The highest BCUT2D eigenvalue weighted by Gasteiger charge is 2.17. The standard InChI is InChI=1S/C13H17BrN2/c1-4-16(5-2)13(9-15)11-6-7-12(14)10(3)8-11/h6-8,13H,4-5H2,1-3H3. The number of halogens is 1. The maximum atomic E-state index is 9.27. The van der Waals surface area contributed by atoms with Crippen molar-refractivity contribution in [2.45, 2.75) is 26.8 Å². The van der Waals surface area contributed by atoms with Gasteiger partial charge in [0.15, 0.2) is 0 Å². The molecule has 1 aromatic carbocycles. The average molecular weight is 281 g/mol. The van der Waals surface area contributed by atoms with Gasteiger partial charge in [0.25, 0.3) is 0 Å². The van der Waals surface area contributed by atoms with Gasteiger partial charge in [-0.05, 0) is 37.2 Å². The fraction of sp³-hybridized carbons (Fsp3) is 0.462. The second kappa shape index (κ2) is 6.03. The maximum Gasteiger partial charge on any atom is 0.123 e. The van der Waals surface area contributed by atoms with Crippen molar-refractivity contribution < 1.29 is 0 Å². The molecule has 0 aliphatic heterocycles. The van der Waals surface area contributed by atoms with E-state index in [1.54, 1.807) is 0 Å². The van der Waals surface area contributed by atoms with Crippen LogP contribution in [0.3, 0.4) is 0 Å². The first-order valence-corrected chi connectivity index (χ1v) is 6.33. The Morgan fingerprint density at radius 1 is 1.38 bits per heavy atom. The van der Waals surface area contributed by atoms with Crippen LogP contribution in [0.4, 0.5) is 0 Å². The molecule has 0 amide bonds. The van der Waals surface area contributed by atoms with Crippen LogP contribution in [0.2, 0.25) is 0 Å². The monoisotopic (exact) mass is 280 g/mol. The van der Waals surface area contributed by atoms with Crippen LogP contribution >= 0.6 is 15.9 Å². The van der Waals surface area contributed by atoms with Gasteiger partial charge in [-0.1, -0.05) is 41.9 Å². The van der Waals surface area contributed by atoms with Gasteiger partial charge in [-0.25, -0.2) is 0 Å². The van der Waals surface area contributed by atoms with E-state index in [0.717, 1.165) is 23.1 Å². The van der Waals surface area contributed by atoms with Gasteiger partial charge in [0.2, 0.25) is 0 Å². The molecule has 0 aromatic heterocycles. The Labute approximate surface area is 106 Å². The summed E-state index contributed by atoms with van der Waals surface area (Å²) in [6.07, 6.45) is 0. The first-order chi connectivity index (χ1) is 7.63. The SMILES string of the molecule is CCN(CC)C(C#N)c1ccc(Br)c(C)c1. The van der Waals surface area contributed by atoms with Crippen molar-refractivity contribution in [1.29, 1.82) is 5.26 Å². The summed E-state index contributed by atoms with van der Waals surface area (Å²) in [5.41, 5.74) is 2.25. The molecule has 86 valence electrons. The highest BCUT2D eigenvalue weighted by molar-refractivity contribution is 9.10. The predicted molar refractivity (Wildman–Crippen MR) is 70.2 cm³/mol. The zero-order valence-corrected chi connectivity index (χ0v) is 11.6. The van der Waals surface area contributed by atoms with E-state index in [1.807, 2.05) is 19.1 Å². The van der Waals surface area contributed by atoms with E-state index in [2.05, 4.69) is 46.8 Å². The van der Waals surface area contributed by atoms with E-state index in [0.29, 0.717) is 0 Å². The van der Waals surface area contributed by atoms with Gasteiger partial charge in [0, 0.05) is 4.47 Å². The third-order valence-corrected chi connectivity index (χ3v) is 3.69. The molecule has 1 aromatic rings. The number of aryl methyl sites for hydroxylation is 1. The van der Waals surface area contributed by atoms with Crippen LogP contribution in [0.25, 0.3) is 0 Å². The Morgan fingerprint density at radius 3 is 2.44 bits per heavy atom. The van der Waals surface area contributed by atoms with E-state index in [9.17, 15) is 5.26 Å². The van der Waals surface area contributed by atoms with E-state index >= 15 is 0 Å². The summed E-state index contributed by atoms with van der Waals surface area (Å²) in [5, 5.41) is 9.27. The second-order valence-corrected chi connectivity index (χ2v) is 4.62. The largest absolute Gasteiger partial charge is 0.285 e. The molecule has 0 heterocycles. The van der Waals surface area contributed by atoms with Gasteiger partial charge in [0.05, 0.1) is 6.07 Å². The third kappa shape index (κ3) is 2.84. The Kier molecular flexibility index (Phi) is 4.98. The van der Waals surface area contributed by atoms with Gasteiger partial charge in [0.1, 0.15) is 6.04 Å². The minimum absolute atomic E-state index is 0.137. The molecule has 0 bridgehead atoms. The van der Waals surface area contributed by atoms with E-state index < -0.39 is 0 Å². The van der Waals surface area contributed by atoms with Crippen molar-refractivity contribution in [3.05, 3.63) is 33.8 Å². The van der Waals surface area contributed by atoms with Crippen molar-refractivity contribution in [1.82, 2.24) is 4.90 Å². The van der Waals surface area contributed by atoms with Crippen LogP contribution < -0.4 is 0 Å². The van der Waals surface area contributed by atoms with E-state index in [4.69, 9.17) is 0 Å². The van der Waals surface area contributed by atoms with Crippen LogP contribution in [0, 0.1) is 18.3 Å². The average Bonchev–Trinajstić information content (AvgIpc) is 2.29. The maximum absolute atomic E-state index is 9.27. The summed E-state index contributed by atoms with van der Waals surface area (Å²) in [7, 11) is 0. The molecule has 1 atom stereocenters. The molecule has 0 radical (unpaired) electrons. The molecule has 0 N–H and O–H groups in total. The quantitative estimate of drug-likeness (QED) is 0.842. The molecule has 0 fully saturated rings. The number of rotatable bonds is 4. The number of hydrogen-bond acceptors (Lipinski definition) is 2. The Morgan fingerprint density at radius 2 is 2.00 bits per heavy atom. The smallest absolute Gasteiger partial charge is 0.123 e. The van der Waals surface area contributed by atoms with Gasteiger partial charge in [-0.3, -0.25) is 4.90 Å². The lowest BCUT2D eigenvalue weighted by Gasteiger charge is -2.24. The Balaban J connectivity index is 3.05. The van der Waals surface area contributed by atoms with Crippen molar-refractivity contribution in [3.8, 4) is 6.07 Å². The zero-order valence-electron chi connectivity index (χ0n) is 10.00. The fourth-order valence-electron chi connectivity index (χ4n) is 1.79. The molecule has 1 unspecified atom stereocenters. The number of hydrogen-bond donors (Lipinski definition) is 0. The highest BCUT2D eigenvalue weighted by atomic mass is 79.9. The lowest BCUT2D eigenvalue weighted by Crippen LogP contribution is -2.27. The minimum atomic E-state index is -0.137. The lowest BCUT2D eigenvalue weighted by atomic mass is 10.0. The van der Waals surface area contributed by atoms with Crippen molar-refractivity contribution in [2.75, 3.05) is 13.1 Å². The van der Waals surface area contributed by atoms with Crippen LogP contribution in [0.15, 0.2) is 22.7 Å². The number of benzene rings is 1. The zero-order chi connectivity index (χ0) is 12.1. The Bertz CT molecular complexity index is 391. The fourth-order valence-corrected chi connectivity index (χ4v) is 2.04. The molecule has 0 aliphatic rings. The molecule has 0 saturated heterocycles. The molecular weight excluding hydrogens is 264 g/mol. The lowest BCUT2D eigenvalue weighted by molar-refractivity contribution is 0.262. The third-order valence-electron chi connectivity index (χ3n) is 2.80. The molecular formula is C13H17BrN2. The normalized spacial score (nSPS) is 12.5. The summed E-state index contributed by atoms with van der Waals surface area (Å²) in [6, 6.07) is 8.35. The first-order valence-electron chi connectivity index (χ1n) is 5.53. The van der Waals surface area contributed by atoms with E-state index in [1.165, 1.54) is 5.56 Å².